The molecular formula is C17H19NO2. The molecule has 0 amide bonds. The van der Waals surface area contributed by atoms with Crippen LogP contribution in [0.25, 0.3) is 0 Å². The minimum absolute atomic E-state index is 0.302. The van der Waals surface area contributed by atoms with Crippen LogP contribution in [0.5, 0.6) is 0 Å². The van der Waals surface area contributed by atoms with Gasteiger partial charge >= 0.3 is 5.97 Å². The van der Waals surface area contributed by atoms with Crippen molar-refractivity contribution in [1.29, 1.82) is 0 Å². The smallest absolute Gasteiger partial charge is 0.338 e. The Kier molecular flexibility index (Phi) is 4.41. The van der Waals surface area contributed by atoms with Crippen LogP contribution in [-0.2, 0) is 11.3 Å². The molecule has 0 heterocycles. The number of hydrogen-bond acceptors (Lipinski definition) is 3. The van der Waals surface area contributed by atoms with E-state index in [0.29, 0.717) is 12.1 Å². The van der Waals surface area contributed by atoms with Crippen LogP contribution in [0.2, 0.25) is 0 Å². The van der Waals surface area contributed by atoms with Gasteiger partial charge in [-0.15, -0.1) is 0 Å². The highest BCUT2D eigenvalue weighted by Crippen LogP contribution is 2.18. The number of esters is 1. The van der Waals surface area contributed by atoms with Gasteiger partial charge in [0.25, 0.3) is 0 Å². The number of rotatable bonds is 4. The first-order valence-electron chi connectivity index (χ1n) is 6.59. The predicted molar refractivity (Wildman–Crippen MR) is 81.0 cm³/mol. The van der Waals surface area contributed by atoms with Gasteiger partial charge in [0.05, 0.1) is 12.7 Å². The maximum atomic E-state index is 11.7. The molecule has 20 heavy (non-hydrogen) atoms. The SMILES string of the molecule is COC(=O)c1ccccc1CNc1cc(C)ccc1C. The van der Waals surface area contributed by atoms with E-state index in [1.54, 1.807) is 6.07 Å². The summed E-state index contributed by atoms with van der Waals surface area (Å²) in [6, 6.07) is 13.8. The lowest BCUT2D eigenvalue weighted by Gasteiger charge is -2.12. The molecule has 0 aliphatic rings. The summed E-state index contributed by atoms with van der Waals surface area (Å²) in [5, 5.41) is 3.38. The maximum absolute atomic E-state index is 11.7. The van der Waals surface area contributed by atoms with Crippen molar-refractivity contribution >= 4 is 11.7 Å². The van der Waals surface area contributed by atoms with Crippen LogP contribution in [0.15, 0.2) is 42.5 Å². The number of aryl methyl sites for hydroxylation is 2. The zero-order valence-corrected chi connectivity index (χ0v) is 12.1. The third-order valence-corrected chi connectivity index (χ3v) is 3.29. The van der Waals surface area contributed by atoms with Crippen molar-refractivity contribution in [3.63, 3.8) is 0 Å². The summed E-state index contributed by atoms with van der Waals surface area (Å²) in [7, 11) is 1.40. The Morgan fingerprint density at radius 3 is 2.65 bits per heavy atom. The van der Waals surface area contributed by atoms with Crippen molar-refractivity contribution in [3.05, 3.63) is 64.7 Å². The van der Waals surface area contributed by atoms with Crippen LogP contribution in [0, 0.1) is 13.8 Å². The highest BCUT2D eigenvalue weighted by Gasteiger charge is 2.10. The number of anilines is 1. The first kappa shape index (κ1) is 14.1. The van der Waals surface area contributed by atoms with Crippen molar-refractivity contribution in [2.24, 2.45) is 0 Å². The Labute approximate surface area is 119 Å². The predicted octanol–water partition coefficient (Wildman–Crippen LogP) is 3.70. The van der Waals surface area contributed by atoms with Crippen LogP contribution in [0.3, 0.4) is 0 Å². The molecule has 0 radical (unpaired) electrons. The van der Waals surface area contributed by atoms with E-state index < -0.39 is 0 Å². The Bertz CT molecular complexity index is 620. The summed E-state index contributed by atoms with van der Waals surface area (Å²) >= 11 is 0. The molecule has 0 spiro atoms. The van der Waals surface area contributed by atoms with Gasteiger partial charge in [-0.05, 0) is 42.7 Å². The molecule has 0 unspecified atom stereocenters. The van der Waals surface area contributed by atoms with Crippen molar-refractivity contribution in [2.45, 2.75) is 20.4 Å². The molecular weight excluding hydrogens is 250 g/mol. The molecule has 3 nitrogen and oxygen atoms in total. The number of carbonyl (C=O) groups excluding carboxylic acids is 1. The van der Waals surface area contributed by atoms with E-state index >= 15 is 0 Å². The van der Waals surface area contributed by atoms with E-state index in [4.69, 9.17) is 4.74 Å². The number of benzene rings is 2. The first-order chi connectivity index (χ1) is 9.61. The summed E-state index contributed by atoms with van der Waals surface area (Å²) in [5.74, 6) is -0.302. The van der Waals surface area contributed by atoms with Crippen LogP contribution >= 0.6 is 0 Å². The fourth-order valence-corrected chi connectivity index (χ4v) is 2.10. The number of methoxy groups -OCH3 is 1. The number of nitrogens with one attached hydrogen (secondary N) is 1. The fourth-order valence-electron chi connectivity index (χ4n) is 2.10. The Morgan fingerprint density at radius 1 is 1.15 bits per heavy atom. The van der Waals surface area contributed by atoms with Crippen molar-refractivity contribution in [2.75, 3.05) is 12.4 Å². The summed E-state index contributed by atoms with van der Waals surface area (Å²) in [6.07, 6.45) is 0. The van der Waals surface area contributed by atoms with Gasteiger partial charge in [0.2, 0.25) is 0 Å². The third-order valence-electron chi connectivity index (χ3n) is 3.29. The third kappa shape index (κ3) is 3.18. The van der Waals surface area contributed by atoms with E-state index in [1.807, 2.05) is 18.2 Å². The quantitative estimate of drug-likeness (QED) is 0.860. The van der Waals surface area contributed by atoms with E-state index in [2.05, 4.69) is 37.4 Å². The highest BCUT2D eigenvalue weighted by molar-refractivity contribution is 5.91. The van der Waals surface area contributed by atoms with Crippen LogP contribution < -0.4 is 5.32 Å². The zero-order chi connectivity index (χ0) is 14.5. The lowest BCUT2D eigenvalue weighted by molar-refractivity contribution is 0.0599. The normalized spacial score (nSPS) is 10.2. The summed E-state index contributed by atoms with van der Waals surface area (Å²) in [6.45, 7) is 4.72. The van der Waals surface area contributed by atoms with Gasteiger partial charge in [-0.2, -0.15) is 0 Å². The lowest BCUT2D eigenvalue weighted by Crippen LogP contribution is -2.09. The van der Waals surface area contributed by atoms with E-state index in [-0.39, 0.29) is 5.97 Å². The molecule has 0 aliphatic heterocycles. The number of hydrogen-bond donors (Lipinski definition) is 1. The van der Waals surface area contributed by atoms with E-state index in [1.165, 1.54) is 18.2 Å². The van der Waals surface area contributed by atoms with Crippen molar-refractivity contribution in [3.8, 4) is 0 Å². The minimum atomic E-state index is -0.302. The lowest BCUT2D eigenvalue weighted by atomic mass is 10.1. The molecule has 1 N–H and O–H groups in total. The average molecular weight is 269 g/mol. The standard InChI is InChI=1S/C17H19NO2/c1-12-8-9-13(2)16(10-12)18-11-14-6-4-5-7-15(14)17(19)20-3/h4-10,18H,11H2,1-3H3. The summed E-state index contributed by atoms with van der Waals surface area (Å²) in [5.41, 5.74) is 5.02. The summed E-state index contributed by atoms with van der Waals surface area (Å²) < 4.78 is 4.81. The van der Waals surface area contributed by atoms with Crippen LogP contribution in [0.4, 0.5) is 5.69 Å². The molecule has 0 saturated carbocycles. The second-order valence-electron chi connectivity index (χ2n) is 4.82. The average Bonchev–Trinajstić information content (AvgIpc) is 2.47. The molecule has 0 saturated heterocycles. The van der Waals surface area contributed by atoms with Gasteiger partial charge in [0.1, 0.15) is 0 Å². The summed E-state index contributed by atoms with van der Waals surface area (Å²) in [4.78, 5) is 11.7. The Balaban J connectivity index is 2.19. The second-order valence-corrected chi connectivity index (χ2v) is 4.82. The van der Waals surface area contributed by atoms with Crippen LogP contribution in [0.1, 0.15) is 27.0 Å². The Morgan fingerprint density at radius 2 is 1.90 bits per heavy atom. The van der Waals surface area contributed by atoms with Gasteiger partial charge in [-0.3, -0.25) is 0 Å². The molecule has 2 aromatic rings. The minimum Gasteiger partial charge on any atom is -0.465 e. The molecule has 0 fully saturated rings. The zero-order valence-electron chi connectivity index (χ0n) is 12.1. The van der Waals surface area contributed by atoms with Crippen molar-refractivity contribution in [1.82, 2.24) is 0 Å². The monoisotopic (exact) mass is 269 g/mol. The maximum Gasteiger partial charge on any atom is 0.338 e. The second kappa shape index (κ2) is 6.24. The van der Waals surface area contributed by atoms with Crippen molar-refractivity contribution < 1.29 is 9.53 Å². The topological polar surface area (TPSA) is 38.3 Å². The molecule has 104 valence electrons. The van der Waals surface area contributed by atoms with Gasteiger partial charge in [-0.25, -0.2) is 4.79 Å². The first-order valence-corrected chi connectivity index (χ1v) is 6.59. The largest absolute Gasteiger partial charge is 0.465 e. The number of ether oxygens (including phenoxy) is 1. The molecule has 0 aliphatic carbocycles. The number of carbonyl (C=O) groups is 1. The molecule has 0 bridgehead atoms. The van der Waals surface area contributed by atoms with E-state index in [9.17, 15) is 4.79 Å². The highest BCUT2D eigenvalue weighted by atomic mass is 16.5. The van der Waals surface area contributed by atoms with Gasteiger partial charge in [0.15, 0.2) is 0 Å². The Hall–Kier alpha value is -2.29. The van der Waals surface area contributed by atoms with Gasteiger partial charge < -0.3 is 10.1 Å². The van der Waals surface area contributed by atoms with Gasteiger partial charge in [-0.1, -0.05) is 30.3 Å². The van der Waals surface area contributed by atoms with E-state index in [0.717, 1.165) is 11.3 Å². The van der Waals surface area contributed by atoms with Crippen LogP contribution in [-0.4, -0.2) is 13.1 Å². The fraction of sp³-hybridized carbons (Fsp3) is 0.235. The molecule has 0 atom stereocenters. The van der Waals surface area contributed by atoms with Gasteiger partial charge in [0, 0.05) is 12.2 Å². The molecule has 3 heteroatoms. The molecule has 2 rings (SSSR count). The molecule has 2 aromatic carbocycles. The molecule has 0 aromatic heterocycles.